The Labute approximate surface area is 123 Å². The van der Waals surface area contributed by atoms with E-state index in [1.165, 1.54) is 30.0 Å². The van der Waals surface area contributed by atoms with E-state index < -0.39 is 5.82 Å². The van der Waals surface area contributed by atoms with Crippen LogP contribution < -0.4 is 11.0 Å². The highest BCUT2D eigenvalue weighted by Gasteiger charge is 2.28. The van der Waals surface area contributed by atoms with Gasteiger partial charge in [-0.05, 0) is 31.0 Å². The molecule has 1 aliphatic rings. The summed E-state index contributed by atoms with van der Waals surface area (Å²) >= 11 is 1.18. The zero-order valence-electron chi connectivity index (χ0n) is 11.0. The predicted molar refractivity (Wildman–Crippen MR) is 76.9 cm³/mol. The zero-order chi connectivity index (χ0) is 14.8. The van der Waals surface area contributed by atoms with Crippen molar-refractivity contribution in [2.24, 2.45) is 0 Å². The number of rotatable bonds is 5. The van der Waals surface area contributed by atoms with Crippen molar-refractivity contribution in [2.75, 3.05) is 11.1 Å². The first-order valence-corrected chi connectivity index (χ1v) is 7.47. The van der Waals surface area contributed by atoms with E-state index in [2.05, 4.69) is 15.5 Å². The fourth-order valence-electron chi connectivity index (χ4n) is 1.94. The Bertz CT molecular complexity index is 723. The molecular weight excluding hydrogens is 295 g/mol. The molecule has 1 amide bonds. The number of aromatic amines is 1. The molecule has 0 aliphatic heterocycles. The molecule has 0 bridgehead atoms. The molecule has 2 aromatic rings. The lowest BCUT2D eigenvalue weighted by Crippen LogP contribution is -2.17. The van der Waals surface area contributed by atoms with Gasteiger partial charge in [-0.1, -0.05) is 17.8 Å². The van der Waals surface area contributed by atoms with Gasteiger partial charge in [-0.2, -0.15) is 0 Å². The van der Waals surface area contributed by atoms with Gasteiger partial charge in [0.15, 0.2) is 5.16 Å². The molecule has 0 unspecified atom stereocenters. The molecule has 1 heterocycles. The van der Waals surface area contributed by atoms with Gasteiger partial charge < -0.3 is 5.32 Å². The molecular formula is C13H13FN4O2S. The van der Waals surface area contributed by atoms with Gasteiger partial charge in [0.2, 0.25) is 5.91 Å². The first-order chi connectivity index (χ1) is 10.1. The first kappa shape index (κ1) is 13.9. The van der Waals surface area contributed by atoms with Crippen molar-refractivity contribution in [3.63, 3.8) is 0 Å². The minimum Gasteiger partial charge on any atom is -0.325 e. The molecule has 21 heavy (non-hydrogen) atoms. The van der Waals surface area contributed by atoms with Crippen LogP contribution in [0.15, 0.2) is 34.2 Å². The molecule has 1 aromatic heterocycles. The lowest BCUT2D eigenvalue weighted by atomic mass is 10.3. The van der Waals surface area contributed by atoms with Gasteiger partial charge in [-0.25, -0.2) is 14.3 Å². The third-order valence-corrected chi connectivity index (χ3v) is 3.98. The Hall–Kier alpha value is -2.09. The number of benzene rings is 1. The number of thioether (sulfide) groups is 1. The summed E-state index contributed by atoms with van der Waals surface area (Å²) in [5.41, 5.74) is 0.160. The molecule has 0 atom stereocenters. The van der Waals surface area contributed by atoms with Crippen LogP contribution in [-0.2, 0) is 4.79 Å². The van der Waals surface area contributed by atoms with Crippen LogP contribution in [0.2, 0.25) is 0 Å². The fourth-order valence-corrected chi connectivity index (χ4v) is 2.75. The van der Waals surface area contributed by atoms with E-state index >= 15 is 0 Å². The molecule has 3 rings (SSSR count). The minimum absolute atomic E-state index is 0.105. The smallest absolute Gasteiger partial charge is 0.325 e. The van der Waals surface area contributed by atoms with Gasteiger partial charge in [0.05, 0.1) is 5.75 Å². The van der Waals surface area contributed by atoms with Crippen LogP contribution >= 0.6 is 11.8 Å². The highest BCUT2D eigenvalue weighted by molar-refractivity contribution is 7.99. The van der Waals surface area contributed by atoms with E-state index in [0.29, 0.717) is 10.8 Å². The Morgan fingerprint density at radius 1 is 1.52 bits per heavy atom. The zero-order valence-corrected chi connectivity index (χ0v) is 11.8. The highest BCUT2D eigenvalue weighted by Crippen LogP contribution is 2.35. The maximum Gasteiger partial charge on any atom is 0.344 e. The van der Waals surface area contributed by atoms with Crippen LogP contribution in [0.1, 0.15) is 18.9 Å². The average Bonchev–Trinajstić information content (AvgIpc) is 3.20. The highest BCUT2D eigenvalue weighted by atomic mass is 32.2. The van der Waals surface area contributed by atoms with E-state index in [9.17, 15) is 14.0 Å². The number of hydrogen-bond donors (Lipinski definition) is 2. The molecule has 0 spiro atoms. The van der Waals surface area contributed by atoms with Crippen LogP contribution in [0, 0.1) is 5.82 Å². The van der Waals surface area contributed by atoms with Crippen molar-refractivity contribution in [3.8, 4) is 0 Å². The Kier molecular flexibility index (Phi) is 3.78. The minimum atomic E-state index is -0.407. The van der Waals surface area contributed by atoms with E-state index in [-0.39, 0.29) is 23.4 Å². The van der Waals surface area contributed by atoms with Crippen molar-refractivity contribution >= 4 is 23.4 Å². The molecule has 110 valence electrons. The maximum absolute atomic E-state index is 13.0. The molecule has 1 fully saturated rings. The lowest BCUT2D eigenvalue weighted by molar-refractivity contribution is -0.113. The van der Waals surface area contributed by atoms with Crippen molar-refractivity contribution in [3.05, 3.63) is 40.6 Å². The third kappa shape index (κ3) is 3.33. The van der Waals surface area contributed by atoms with Crippen LogP contribution in [-0.4, -0.2) is 26.4 Å². The third-order valence-electron chi connectivity index (χ3n) is 3.02. The van der Waals surface area contributed by atoms with Crippen LogP contribution in [0.5, 0.6) is 0 Å². The average molecular weight is 308 g/mol. The summed E-state index contributed by atoms with van der Waals surface area (Å²) in [4.78, 5) is 23.4. The normalized spacial score (nSPS) is 14.1. The van der Waals surface area contributed by atoms with Crippen molar-refractivity contribution in [1.29, 1.82) is 0 Å². The van der Waals surface area contributed by atoms with E-state index in [1.807, 2.05) is 0 Å². The van der Waals surface area contributed by atoms with Crippen molar-refractivity contribution in [1.82, 2.24) is 14.8 Å². The number of anilines is 1. The van der Waals surface area contributed by atoms with Crippen molar-refractivity contribution < 1.29 is 9.18 Å². The summed E-state index contributed by atoms with van der Waals surface area (Å²) in [6, 6.07) is 5.89. The van der Waals surface area contributed by atoms with E-state index in [0.717, 1.165) is 12.8 Å². The molecule has 6 nitrogen and oxygen atoms in total. The monoisotopic (exact) mass is 308 g/mol. The summed E-state index contributed by atoms with van der Waals surface area (Å²) in [6.07, 6.45) is 1.92. The van der Waals surface area contributed by atoms with Gasteiger partial charge in [0, 0.05) is 11.7 Å². The summed E-state index contributed by atoms with van der Waals surface area (Å²) < 4.78 is 14.6. The molecule has 1 aliphatic carbocycles. The summed E-state index contributed by atoms with van der Waals surface area (Å²) in [6.45, 7) is 0. The van der Waals surface area contributed by atoms with Gasteiger partial charge in [0.25, 0.3) is 0 Å². The number of nitrogens with one attached hydrogen (secondary N) is 2. The number of aromatic nitrogens is 3. The number of H-pyrrole nitrogens is 1. The number of halogens is 1. The van der Waals surface area contributed by atoms with Gasteiger partial charge >= 0.3 is 5.69 Å². The number of nitrogens with zero attached hydrogens (tertiary/aromatic N) is 2. The molecule has 2 N–H and O–H groups in total. The maximum atomic E-state index is 13.0. The number of carbonyl (C=O) groups is 1. The lowest BCUT2D eigenvalue weighted by Gasteiger charge is -2.05. The first-order valence-electron chi connectivity index (χ1n) is 6.48. The Morgan fingerprint density at radius 3 is 3.05 bits per heavy atom. The van der Waals surface area contributed by atoms with Crippen LogP contribution in [0.3, 0.4) is 0 Å². The van der Waals surface area contributed by atoms with Gasteiger partial charge in [0.1, 0.15) is 5.82 Å². The van der Waals surface area contributed by atoms with Crippen molar-refractivity contribution in [2.45, 2.75) is 24.0 Å². The number of amides is 1. The summed E-state index contributed by atoms with van der Waals surface area (Å²) in [5, 5.41) is 9.42. The Balaban J connectivity index is 1.60. The largest absolute Gasteiger partial charge is 0.344 e. The predicted octanol–water partition coefficient (Wildman–Crippen LogP) is 1.78. The van der Waals surface area contributed by atoms with E-state index in [1.54, 1.807) is 10.6 Å². The topological polar surface area (TPSA) is 79.8 Å². The SMILES string of the molecule is O=C(CSc1n[nH]c(=O)n1C1CC1)Nc1cccc(F)c1. The molecule has 8 heteroatoms. The molecule has 0 saturated heterocycles. The second-order valence-corrected chi connectivity index (χ2v) is 5.70. The van der Waals surface area contributed by atoms with Crippen LogP contribution in [0.25, 0.3) is 0 Å². The summed E-state index contributed by atoms with van der Waals surface area (Å²) in [7, 11) is 0. The second-order valence-electron chi connectivity index (χ2n) is 4.76. The standard InChI is InChI=1S/C13H13FN4O2S/c14-8-2-1-3-9(6-8)15-11(19)7-21-13-17-16-12(20)18(13)10-4-5-10/h1-3,6,10H,4-5,7H2,(H,15,19)(H,16,20). The van der Waals surface area contributed by atoms with E-state index in [4.69, 9.17) is 0 Å². The van der Waals surface area contributed by atoms with Gasteiger partial charge in [-0.15, -0.1) is 5.10 Å². The van der Waals surface area contributed by atoms with Crippen LogP contribution in [0.4, 0.5) is 10.1 Å². The number of carbonyl (C=O) groups excluding carboxylic acids is 1. The summed E-state index contributed by atoms with van der Waals surface area (Å²) in [5.74, 6) is -0.577. The quantitative estimate of drug-likeness (QED) is 0.825. The molecule has 1 aromatic carbocycles. The molecule has 0 radical (unpaired) electrons. The van der Waals surface area contributed by atoms with Gasteiger partial charge in [-0.3, -0.25) is 9.36 Å². The Morgan fingerprint density at radius 2 is 2.33 bits per heavy atom. The number of hydrogen-bond acceptors (Lipinski definition) is 4. The fraction of sp³-hybridized carbons (Fsp3) is 0.308. The molecule has 1 saturated carbocycles. The second kappa shape index (κ2) is 5.72.